The van der Waals surface area contributed by atoms with E-state index >= 15 is 0 Å². The summed E-state index contributed by atoms with van der Waals surface area (Å²) in [6.45, 7) is 6.74. The van der Waals surface area contributed by atoms with Crippen molar-refractivity contribution in [2.45, 2.75) is 45.7 Å². The second-order valence-electron chi connectivity index (χ2n) is 5.08. The van der Waals surface area contributed by atoms with E-state index in [4.69, 9.17) is 5.73 Å². The minimum absolute atomic E-state index is 0.0496. The van der Waals surface area contributed by atoms with E-state index < -0.39 is 0 Å². The van der Waals surface area contributed by atoms with Gasteiger partial charge in [0, 0.05) is 24.2 Å². The van der Waals surface area contributed by atoms with Crippen molar-refractivity contribution in [1.82, 2.24) is 4.90 Å². The Bertz CT molecular complexity index is 379. The van der Waals surface area contributed by atoms with Gasteiger partial charge in [0.25, 0.3) is 0 Å². The molecule has 1 aromatic carbocycles. The molecule has 0 radical (unpaired) electrons. The molecule has 0 amide bonds. The number of likely N-dealkylation sites (N-methyl/N-ethyl adjacent to an activating group) is 1. The molecule has 2 nitrogen and oxygen atoms in total. The maximum atomic E-state index is 13.9. The molecule has 0 aliphatic rings. The molecule has 0 fully saturated rings. The van der Waals surface area contributed by atoms with Crippen molar-refractivity contribution in [2.75, 3.05) is 13.6 Å². The van der Waals surface area contributed by atoms with Gasteiger partial charge in [-0.05, 0) is 33.4 Å². The van der Waals surface area contributed by atoms with Crippen LogP contribution in [0.2, 0.25) is 0 Å². The second-order valence-corrected chi connectivity index (χ2v) is 5.08. The molecule has 2 N–H and O–H groups in total. The Balaban J connectivity index is 2.98. The average Bonchev–Trinajstić information content (AvgIpc) is 2.34. The summed E-state index contributed by atoms with van der Waals surface area (Å²) in [6, 6.07) is 5.59. The van der Waals surface area contributed by atoms with Gasteiger partial charge in [-0.1, -0.05) is 31.0 Å². The highest BCUT2D eigenvalue weighted by Crippen LogP contribution is 2.25. The van der Waals surface area contributed by atoms with E-state index in [9.17, 15) is 4.39 Å². The van der Waals surface area contributed by atoms with Crippen LogP contribution >= 0.6 is 0 Å². The van der Waals surface area contributed by atoms with Crippen LogP contribution in [0.1, 0.15) is 43.9 Å². The standard InChI is InChI=1S/C15H25FN2/c1-5-6-12(3)18(4)15(10-17)13-9-11(2)7-8-14(13)16/h7-9,12,15H,5-6,10,17H2,1-4H3. The monoisotopic (exact) mass is 252 g/mol. The zero-order chi connectivity index (χ0) is 13.7. The summed E-state index contributed by atoms with van der Waals surface area (Å²) in [7, 11) is 2.03. The first-order chi connectivity index (χ1) is 8.51. The normalized spacial score (nSPS) is 14.8. The summed E-state index contributed by atoms with van der Waals surface area (Å²) in [5, 5.41) is 0. The van der Waals surface area contributed by atoms with Crippen LogP contribution in [0.5, 0.6) is 0 Å². The van der Waals surface area contributed by atoms with Gasteiger partial charge in [-0.25, -0.2) is 4.39 Å². The van der Waals surface area contributed by atoms with Crippen molar-refractivity contribution in [2.24, 2.45) is 5.73 Å². The third-order valence-electron chi connectivity index (χ3n) is 3.63. The third kappa shape index (κ3) is 3.53. The van der Waals surface area contributed by atoms with Crippen molar-refractivity contribution < 1.29 is 4.39 Å². The first-order valence-corrected chi connectivity index (χ1v) is 6.69. The first-order valence-electron chi connectivity index (χ1n) is 6.69. The van der Waals surface area contributed by atoms with Gasteiger partial charge >= 0.3 is 0 Å². The summed E-state index contributed by atoms with van der Waals surface area (Å²) in [5.41, 5.74) is 7.63. The van der Waals surface area contributed by atoms with Crippen LogP contribution < -0.4 is 5.73 Å². The quantitative estimate of drug-likeness (QED) is 0.842. The van der Waals surface area contributed by atoms with Gasteiger partial charge in [-0.2, -0.15) is 0 Å². The minimum Gasteiger partial charge on any atom is -0.329 e. The lowest BCUT2D eigenvalue weighted by Crippen LogP contribution is -2.37. The molecule has 0 spiro atoms. The van der Waals surface area contributed by atoms with Crippen LogP contribution in [-0.4, -0.2) is 24.5 Å². The summed E-state index contributed by atoms with van der Waals surface area (Å²) < 4.78 is 13.9. The van der Waals surface area contributed by atoms with Crippen molar-refractivity contribution in [3.63, 3.8) is 0 Å². The Labute approximate surface area is 110 Å². The first kappa shape index (κ1) is 15.1. The summed E-state index contributed by atoms with van der Waals surface area (Å²) in [6.07, 6.45) is 2.22. The fourth-order valence-electron chi connectivity index (χ4n) is 2.36. The molecule has 0 aliphatic heterocycles. The number of nitrogens with two attached hydrogens (primary N) is 1. The highest BCUT2D eigenvalue weighted by molar-refractivity contribution is 5.27. The molecule has 2 unspecified atom stereocenters. The number of aryl methyl sites for hydroxylation is 1. The van der Waals surface area contributed by atoms with E-state index in [2.05, 4.69) is 18.7 Å². The fourth-order valence-corrected chi connectivity index (χ4v) is 2.36. The number of hydrogen-bond acceptors (Lipinski definition) is 2. The molecule has 0 aromatic heterocycles. The Morgan fingerprint density at radius 3 is 2.61 bits per heavy atom. The molecule has 1 rings (SSSR count). The molecule has 0 saturated heterocycles. The van der Waals surface area contributed by atoms with Gasteiger partial charge < -0.3 is 5.73 Å². The predicted octanol–water partition coefficient (Wildman–Crippen LogP) is 3.25. The van der Waals surface area contributed by atoms with E-state index in [1.54, 1.807) is 6.07 Å². The van der Waals surface area contributed by atoms with Crippen LogP contribution in [0.25, 0.3) is 0 Å². The van der Waals surface area contributed by atoms with Gasteiger partial charge in [0.05, 0.1) is 0 Å². The molecule has 0 saturated carbocycles. The zero-order valence-corrected chi connectivity index (χ0v) is 11.9. The number of hydrogen-bond donors (Lipinski definition) is 1. The summed E-state index contributed by atoms with van der Waals surface area (Å²) in [4.78, 5) is 2.18. The summed E-state index contributed by atoms with van der Waals surface area (Å²) >= 11 is 0. The van der Waals surface area contributed by atoms with Crippen molar-refractivity contribution in [3.8, 4) is 0 Å². The van der Waals surface area contributed by atoms with Gasteiger partial charge in [0.15, 0.2) is 0 Å². The van der Waals surface area contributed by atoms with Gasteiger partial charge in [-0.15, -0.1) is 0 Å². The van der Waals surface area contributed by atoms with E-state index in [0.29, 0.717) is 18.2 Å². The van der Waals surface area contributed by atoms with Crippen molar-refractivity contribution in [3.05, 3.63) is 35.1 Å². The van der Waals surface area contributed by atoms with Crippen LogP contribution in [0.15, 0.2) is 18.2 Å². The number of halogens is 1. The SMILES string of the molecule is CCCC(C)N(C)C(CN)c1cc(C)ccc1F. The lowest BCUT2D eigenvalue weighted by molar-refractivity contribution is 0.176. The molecule has 0 aliphatic carbocycles. The van der Waals surface area contributed by atoms with E-state index in [1.807, 2.05) is 20.0 Å². The van der Waals surface area contributed by atoms with E-state index in [-0.39, 0.29) is 11.9 Å². The molecule has 0 bridgehead atoms. The topological polar surface area (TPSA) is 29.3 Å². The van der Waals surface area contributed by atoms with Crippen LogP contribution in [0.3, 0.4) is 0 Å². The van der Waals surface area contributed by atoms with Crippen molar-refractivity contribution in [1.29, 1.82) is 0 Å². The highest BCUT2D eigenvalue weighted by atomic mass is 19.1. The lowest BCUT2D eigenvalue weighted by Gasteiger charge is -2.33. The number of benzene rings is 1. The van der Waals surface area contributed by atoms with E-state index in [1.165, 1.54) is 6.07 Å². The predicted molar refractivity (Wildman–Crippen MR) is 75.1 cm³/mol. The van der Waals surface area contributed by atoms with Gasteiger partial charge in [0.1, 0.15) is 5.82 Å². The van der Waals surface area contributed by atoms with Crippen LogP contribution in [-0.2, 0) is 0 Å². The molecular weight excluding hydrogens is 227 g/mol. The molecule has 18 heavy (non-hydrogen) atoms. The van der Waals surface area contributed by atoms with Gasteiger partial charge in [0.2, 0.25) is 0 Å². The highest BCUT2D eigenvalue weighted by Gasteiger charge is 2.22. The van der Waals surface area contributed by atoms with Crippen molar-refractivity contribution >= 4 is 0 Å². The molecule has 0 heterocycles. The minimum atomic E-state index is -0.161. The molecule has 3 heteroatoms. The maximum absolute atomic E-state index is 13.9. The number of rotatable bonds is 6. The molecule has 1 aromatic rings. The van der Waals surface area contributed by atoms with Crippen LogP contribution in [0, 0.1) is 12.7 Å². The zero-order valence-electron chi connectivity index (χ0n) is 11.9. The Hall–Kier alpha value is -0.930. The molecular formula is C15H25FN2. The molecule has 102 valence electrons. The van der Waals surface area contributed by atoms with Gasteiger partial charge in [-0.3, -0.25) is 4.90 Å². The second kappa shape index (κ2) is 6.86. The maximum Gasteiger partial charge on any atom is 0.128 e. The smallest absolute Gasteiger partial charge is 0.128 e. The largest absolute Gasteiger partial charge is 0.329 e. The Kier molecular flexibility index (Phi) is 5.76. The Morgan fingerprint density at radius 2 is 2.06 bits per heavy atom. The lowest BCUT2D eigenvalue weighted by atomic mass is 10.0. The number of nitrogens with zero attached hydrogens (tertiary/aromatic N) is 1. The van der Waals surface area contributed by atoms with Crippen LogP contribution in [0.4, 0.5) is 4.39 Å². The third-order valence-corrected chi connectivity index (χ3v) is 3.63. The average molecular weight is 252 g/mol. The summed E-state index contributed by atoms with van der Waals surface area (Å²) in [5.74, 6) is -0.161. The Morgan fingerprint density at radius 1 is 1.39 bits per heavy atom. The molecule has 2 atom stereocenters. The fraction of sp³-hybridized carbons (Fsp3) is 0.600. The van der Waals surface area contributed by atoms with E-state index in [0.717, 1.165) is 18.4 Å².